The summed E-state index contributed by atoms with van der Waals surface area (Å²) in [6.07, 6.45) is 1.67. The van der Waals surface area contributed by atoms with Crippen LogP contribution in [0.1, 0.15) is 25.7 Å². The van der Waals surface area contributed by atoms with E-state index in [2.05, 4.69) is 12.6 Å². The Morgan fingerprint density at radius 1 is 1.23 bits per heavy atom. The second kappa shape index (κ2) is 6.77. The SMILES string of the molecule is O=C(O)CC(CCCCS)C(=O)O. The highest BCUT2D eigenvalue weighted by Crippen LogP contribution is 2.13. The lowest BCUT2D eigenvalue weighted by Crippen LogP contribution is -2.17. The highest BCUT2D eigenvalue weighted by atomic mass is 32.1. The molecule has 0 aromatic heterocycles. The van der Waals surface area contributed by atoms with Gasteiger partial charge < -0.3 is 10.2 Å². The predicted octanol–water partition coefficient (Wildman–Crippen LogP) is 1.26. The van der Waals surface area contributed by atoms with Crippen molar-refractivity contribution in [2.75, 3.05) is 5.75 Å². The van der Waals surface area contributed by atoms with Gasteiger partial charge in [-0.15, -0.1) is 0 Å². The van der Waals surface area contributed by atoms with Gasteiger partial charge in [0.05, 0.1) is 12.3 Å². The number of hydrogen-bond acceptors (Lipinski definition) is 3. The molecule has 76 valence electrons. The van der Waals surface area contributed by atoms with Crippen LogP contribution in [0.3, 0.4) is 0 Å². The second-order valence-electron chi connectivity index (χ2n) is 2.85. The van der Waals surface area contributed by atoms with Gasteiger partial charge in [0.2, 0.25) is 0 Å². The van der Waals surface area contributed by atoms with Crippen LogP contribution < -0.4 is 0 Å². The van der Waals surface area contributed by atoms with Gasteiger partial charge in [-0.3, -0.25) is 9.59 Å². The van der Waals surface area contributed by atoms with E-state index in [-0.39, 0.29) is 6.42 Å². The molecule has 0 fully saturated rings. The molecule has 0 aromatic carbocycles. The average molecular weight is 206 g/mol. The van der Waals surface area contributed by atoms with Crippen LogP contribution in [-0.4, -0.2) is 27.9 Å². The Morgan fingerprint density at radius 3 is 2.23 bits per heavy atom. The third-order valence-electron chi connectivity index (χ3n) is 1.73. The number of rotatable bonds is 7. The first kappa shape index (κ1) is 12.3. The van der Waals surface area contributed by atoms with Crippen LogP contribution >= 0.6 is 12.6 Å². The molecule has 0 aromatic rings. The molecule has 0 saturated carbocycles. The molecule has 0 heterocycles. The summed E-state index contributed by atoms with van der Waals surface area (Å²) in [6, 6.07) is 0. The number of carboxylic acid groups (broad SMARTS) is 2. The van der Waals surface area contributed by atoms with Crippen molar-refractivity contribution in [1.82, 2.24) is 0 Å². The summed E-state index contributed by atoms with van der Waals surface area (Å²) in [4.78, 5) is 20.8. The average Bonchev–Trinajstić information content (AvgIpc) is 2.02. The van der Waals surface area contributed by atoms with Gasteiger partial charge in [0.1, 0.15) is 0 Å². The predicted molar refractivity (Wildman–Crippen MR) is 51.1 cm³/mol. The molecular formula is C8H14O4S. The number of unbranched alkanes of at least 4 members (excludes halogenated alkanes) is 1. The summed E-state index contributed by atoms with van der Waals surface area (Å²) in [5.74, 6) is -2.13. The van der Waals surface area contributed by atoms with Crippen LogP contribution in [0.5, 0.6) is 0 Å². The minimum atomic E-state index is -1.06. The summed E-state index contributed by atoms with van der Waals surface area (Å²) in [7, 11) is 0. The third-order valence-corrected chi connectivity index (χ3v) is 2.05. The van der Waals surface area contributed by atoms with Gasteiger partial charge in [0, 0.05) is 0 Å². The summed E-state index contributed by atoms with van der Waals surface area (Å²) in [5.41, 5.74) is 0. The summed E-state index contributed by atoms with van der Waals surface area (Å²) in [6.45, 7) is 0. The Kier molecular flexibility index (Phi) is 6.40. The first-order valence-corrected chi connectivity index (χ1v) is 4.76. The summed E-state index contributed by atoms with van der Waals surface area (Å²) < 4.78 is 0. The van der Waals surface area contributed by atoms with E-state index in [1.165, 1.54) is 0 Å². The zero-order chi connectivity index (χ0) is 10.3. The second-order valence-corrected chi connectivity index (χ2v) is 3.30. The van der Waals surface area contributed by atoms with Gasteiger partial charge in [-0.2, -0.15) is 12.6 Å². The molecule has 4 nitrogen and oxygen atoms in total. The molecule has 2 N–H and O–H groups in total. The van der Waals surface area contributed by atoms with E-state index >= 15 is 0 Å². The fourth-order valence-corrected chi connectivity index (χ4v) is 1.25. The van der Waals surface area contributed by atoms with Crippen molar-refractivity contribution >= 4 is 24.6 Å². The maximum absolute atomic E-state index is 10.5. The fraction of sp³-hybridized carbons (Fsp3) is 0.750. The highest BCUT2D eigenvalue weighted by molar-refractivity contribution is 7.80. The fourth-order valence-electron chi connectivity index (χ4n) is 1.03. The number of aliphatic carboxylic acids is 2. The van der Waals surface area contributed by atoms with E-state index in [9.17, 15) is 9.59 Å². The monoisotopic (exact) mass is 206 g/mol. The van der Waals surface area contributed by atoms with E-state index in [1.54, 1.807) is 0 Å². The lowest BCUT2D eigenvalue weighted by Gasteiger charge is -2.08. The molecule has 5 heteroatoms. The van der Waals surface area contributed by atoms with Gasteiger partial charge in [0.15, 0.2) is 0 Å². The topological polar surface area (TPSA) is 74.6 Å². The normalized spacial score (nSPS) is 12.4. The zero-order valence-corrected chi connectivity index (χ0v) is 8.17. The van der Waals surface area contributed by atoms with Crippen molar-refractivity contribution in [3.05, 3.63) is 0 Å². The third kappa shape index (κ3) is 6.45. The van der Waals surface area contributed by atoms with E-state index in [0.717, 1.165) is 6.42 Å². The molecule has 0 rings (SSSR count). The van der Waals surface area contributed by atoms with E-state index in [4.69, 9.17) is 10.2 Å². The van der Waals surface area contributed by atoms with Crippen LogP contribution in [-0.2, 0) is 9.59 Å². The molecule has 0 amide bonds. The lowest BCUT2D eigenvalue weighted by atomic mass is 9.99. The number of thiol groups is 1. The Morgan fingerprint density at radius 2 is 1.85 bits per heavy atom. The molecule has 13 heavy (non-hydrogen) atoms. The molecule has 1 atom stereocenters. The van der Waals surface area contributed by atoms with Crippen molar-refractivity contribution in [2.24, 2.45) is 5.92 Å². The molecule has 1 unspecified atom stereocenters. The van der Waals surface area contributed by atoms with Crippen LogP contribution in [0.4, 0.5) is 0 Å². The molecule has 0 aliphatic carbocycles. The largest absolute Gasteiger partial charge is 0.481 e. The Balaban J connectivity index is 3.81. The van der Waals surface area contributed by atoms with Crippen LogP contribution in [0, 0.1) is 5.92 Å². The van der Waals surface area contributed by atoms with Crippen molar-refractivity contribution in [3.63, 3.8) is 0 Å². The van der Waals surface area contributed by atoms with Gasteiger partial charge >= 0.3 is 11.9 Å². The van der Waals surface area contributed by atoms with Gasteiger partial charge in [0.25, 0.3) is 0 Å². The van der Waals surface area contributed by atoms with Crippen LogP contribution in [0.15, 0.2) is 0 Å². The Labute approximate surface area is 82.4 Å². The minimum Gasteiger partial charge on any atom is -0.481 e. The molecule has 0 aliphatic rings. The van der Waals surface area contributed by atoms with Crippen LogP contribution in [0.2, 0.25) is 0 Å². The van der Waals surface area contributed by atoms with E-state index in [1.807, 2.05) is 0 Å². The lowest BCUT2D eigenvalue weighted by molar-refractivity contribution is -0.148. The Hall–Kier alpha value is -0.710. The van der Waals surface area contributed by atoms with E-state index < -0.39 is 17.9 Å². The van der Waals surface area contributed by atoms with Crippen molar-refractivity contribution in [3.8, 4) is 0 Å². The smallest absolute Gasteiger partial charge is 0.307 e. The van der Waals surface area contributed by atoms with Crippen molar-refractivity contribution < 1.29 is 19.8 Å². The van der Waals surface area contributed by atoms with Gasteiger partial charge in [-0.05, 0) is 18.6 Å². The van der Waals surface area contributed by atoms with Crippen molar-refractivity contribution in [2.45, 2.75) is 25.7 Å². The molecule has 0 radical (unpaired) electrons. The Bertz CT molecular complexity index is 181. The molecule has 0 bridgehead atoms. The number of carbonyl (C=O) groups is 2. The first-order chi connectivity index (χ1) is 6.07. The van der Waals surface area contributed by atoms with Gasteiger partial charge in [-0.1, -0.05) is 6.42 Å². The van der Waals surface area contributed by atoms with Gasteiger partial charge in [-0.25, -0.2) is 0 Å². The molecular weight excluding hydrogens is 192 g/mol. The minimum absolute atomic E-state index is 0.290. The first-order valence-electron chi connectivity index (χ1n) is 4.13. The molecule has 0 spiro atoms. The van der Waals surface area contributed by atoms with Crippen molar-refractivity contribution in [1.29, 1.82) is 0 Å². The number of hydrogen-bond donors (Lipinski definition) is 3. The maximum Gasteiger partial charge on any atom is 0.307 e. The van der Waals surface area contributed by atoms with E-state index in [0.29, 0.717) is 18.6 Å². The highest BCUT2D eigenvalue weighted by Gasteiger charge is 2.19. The quantitative estimate of drug-likeness (QED) is 0.433. The number of carboxylic acids is 2. The standard InChI is InChI=1S/C8H14O4S/c9-7(10)5-6(8(11)12)3-1-2-4-13/h6,13H,1-5H2,(H,9,10)(H,11,12). The summed E-state index contributed by atoms with van der Waals surface area (Å²) in [5, 5.41) is 17.0. The zero-order valence-electron chi connectivity index (χ0n) is 7.27. The molecule has 0 saturated heterocycles. The maximum atomic E-state index is 10.5. The molecule has 0 aliphatic heterocycles. The summed E-state index contributed by atoms with van der Waals surface area (Å²) >= 11 is 3.98. The van der Waals surface area contributed by atoms with Crippen LogP contribution in [0.25, 0.3) is 0 Å².